The van der Waals surface area contributed by atoms with Gasteiger partial charge in [0, 0.05) is 25.0 Å². The van der Waals surface area contributed by atoms with Crippen LogP contribution in [0.4, 0.5) is 0 Å². The highest BCUT2D eigenvalue weighted by atomic mass is 16.2. The highest BCUT2D eigenvalue weighted by molar-refractivity contribution is 5.79. The monoisotopic (exact) mass is 212 g/mol. The number of hydrogen-bond acceptors (Lipinski definition) is 2. The fraction of sp³-hybridized carbons (Fsp3) is 0.917. The van der Waals surface area contributed by atoms with E-state index in [4.69, 9.17) is 5.73 Å². The van der Waals surface area contributed by atoms with E-state index in [0.29, 0.717) is 24.9 Å². The van der Waals surface area contributed by atoms with Gasteiger partial charge in [0.1, 0.15) is 0 Å². The molecule has 0 aromatic carbocycles. The largest absolute Gasteiger partial charge is 0.339 e. The maximum absolute atomic E-state index is 12.3. The third kappa shape index (κ3) is 2.94. The van der Waals surface area contributed by atoms with Gasteiger partial charge in [-0.1, -0.05) is 13.3 Å². The van der Waals surface area contributed by atoms with Crippen LogP contribution in [0.5, 0.6) is 0 Å². The van der Waals surface area contributed by atoms with Crippen molar-refractivity contribution >= 4 is 5.91 Å². The molecule has 1 fully saturated rings. The summed E-state index contributed by atoms with van der Waals surface area (Å²) in [6.45, 7) is 7.57. The molecule has 1 aliphatic carbocycles. The van der Waals surface area contributed by atoms with Gasteiger partial charge in [0.15, 0.2) is 0 Å². The number of nitrogens with zero attached hydrogens (tertiary/aromatic N) is 1. The summed E-state index contributed by atoms with van der Waals surface area (Å²) in [6, 6.07) is 0.272. The summed E-state index contributed by atoms with van der Waals surface area (Å²) in [5.74, 6) is 1.12. The Morgan fingerprint density at radius 3 is 2.53 bits per heavy atom. The quantitative estimate of drug-likeness (QED) is 0.769. The molecule has 15 heavy (non-hydrogen) atoms. The average Bonchev–Trinajstić information content (AvgIpc) is 2.59. The molecule has 0 aliphatic heterocycles. The van der Waals surface area contributed by atoms with Crippen LogP contribution in [-0.4, -0.2) is 29.9 Å². The van der Waals surface area contributed by atoms with Gasteiger partial charge < -0.3 is 10.6 Å². The van der Waals surface area contributed by atoms with E-state index in [1.54, 1.807) is 0 Å². The Labute approximate surface area is 93.0 Å². The molecule has 1 saturated carbocycles. The molecule has 2 unspecified atom stereocenters. The van der Waals surface area contributed by atoms with Gasteiger partial charge in [-0.3, -0.25) is 4.79 Å². The van der Waals surface area contributed by atoms with Crippen molar-refractivity contribution in [2.75, 3.05) is 13.1 Å². The summed E-state index contributed by atoms with van der Waals surface area (Å²) < 4.78 is 0. The zero-order chi connectivity index (χ0) is 11.4. The molecule has 0 aromatic heterocycles. The van der Waals surface area contributed by atoms with Crippen molar-refractivity contribution in [3.63, 3.8) is 0 Å². The van der Waals surface area contributed by atoms with Crippen molar-refractivity contribution in [2.24, 2.45) is 17.6 Å². The number of carbonyl (C=O) groups is 1. The van der Waals surface area contributed by atoms with Crippen molar-refractivity contribution < 1.29 is 4.79 Å². The molecule has 3 nitrogen and oxygen atoms in total. The van der Waals surface area contributed by atoms with Crippen molar-refractivity contribution in [3.8, 4) is 0 Å². The van der Waals surface area contributed by atoms with E-state index in [9.17, 15) is 4.79 Å². The zero-order valence-electron chi connectivity index (χ0n) is 10.2. The van der Waals surface area contributed by atoms with Gasteiger partial charge in [-0.15, -0.1) is 0 Å². The van der Waals surface area contributed by atoms with Crippen LogP contribution in [0.2, 0.25) is 0 Å². The van der Waals surface area contributed by atoms with E-state index >= 15 is 0 Å². The maximum atomic E-state index is 12.3. The summed E-state index contributed by atoms with van der Waals surface area (Å²) in [4.78, 5) is 14.2. The summed E-state index contributed by atoms with van der Waals surface area (Å²) >= 11 is 0. The summed E-state index contributed by atoms with van der Waals surface area (Å²) in [5, 5.41) is 0. The summed E-state index contributed by atoms with van der Waals surface area (Å²) in [5.41, 5.74) is 5.54. The maximum Gasteiger partial charge on any atom is 0.226 e. The molecule has 88 valence electrons. The van der Waals surface area contributed by atoms with E-state index in [-0.39, 0.29) is 12.0 Å². The first kappa shape index (κ1) is 12.5. The van der Waals surface area contributed by atoms with Gasteiger partial charge in [-0.2, -0.15) is 0 Å². The second-order valence-corrected chi connectivity index (χ2v) is 4.93. The van der Waals surface area contributed by atoms with Crippen LogP contribution in [0.3, 0.4) is 0 Å². The number of amides is 1. The molecule has 1 amide bonds. The van der Waals surface area contributed by atoms with Crippen molar-refractivity contribution in [1.29, 1.82) is 0 Å². The number of nitrogens with two attached hydrogens (primary N) is 1. The molecule has 0 spiro atoms. The molecule has 1 aliphatic rings. The normalized spacial score (nSPS) is 25.9. The topological polar surface area (TPSA) is 46.3 Å². The lowest BCUT2D eigenvalue weighted by molar-refractivity contribution is -0.138. The van der Waals surface area contributed by atoms with Gasteiger partial charge in [0.05, 0.1) is 0 Å². The molecule has 1 rings (SSSR count). The summed E-state index contributed by atoms with van der Waals surface area (Å²) in [7, 11) is 0. The molecular weight excluding hydrogens is 188 g/mol. The van der Waals surface area contributed by atoms with Crippen molar-refractivity contribution in [2.45, 2.75) is 46.1 Å². The first-order chi connectivity index (χ1) is 7.07. The van der Waals surface area contributed by atoms with Crippen LogP contribution in [0.1, 0.15) is 40.0 Å². The Bertz CT molecular complexity index is 216. The second-order valence-electron chi connectivity index (χ2n) is 4.93. The van der Waals surface area contributed by atoms with E-state index in [1.165, 1.54) is 12.8 Å². The molecule has 0 aromatic rings. The lowest BCUT2D eigenvalue weighted by Crippen LogP contribution is -2.44. The van der Waals surface area contributed by atoms with Crippen LogP contribution < -0.4 is 5.73 Å². The van der Waals surface area contributed by atoms with Crippen molar-refractivity contribution in [3.05, 3.63) is 0 Å². The molecular formula is C12H24N2O. The Morgan fingerprint density at radius 1 is 1.47 bits per heavy atom. The molecule has 0 radical (unpaired) electrons. The third-order valence-electron chi connectivity index (χ3n) is 3.46. The first-order valence-electron chi connectivity index (χ1n) is 6.08. The summed E-state index contributed by atoms with van der Waals surface area (Å²) in [6.07, 6.45) is 3.46. The fourth-order valence-electron chi connectivity index (χ4n) is 2.49. The van der Waals surface area contributed by atoms with E-state index < -0.39 is 0 Å². The Hall–Kier alpha value is -0.570. The number of hydrogen-bond donors (Lipinski definition) is 1. The van der Waals surface area contributed by atoms with Gasteiger partial charge in [-0.05, 0) is 32.6 Å². The minimum absolute atomic E-state index is 0.249. The van der Waals surface area contributed by atoms with Crippen LogP contribution in [-0.2, 0) is 4.79 Å². The van der Waals surface area contributed by atoms with Gasteiger partial charge in [0.2, 0.25) is 5.91 Å². The average molecular weight is 212 g/mol. The minimum atomic E-state index is 0.249. The second kappa shape index (κ2) is 5.50. The van der Waals surface area contributed by atoms with E-state index in [0.717, 1.165) is 6.42 Å². The molecule has 0 bridgehead atoms. The predicted molar refractivity (Wildman–Crippen MR) is 62.4 cm³/mol. The fourth-order valence-corrected chi connectivity index (χ4v) is 2.49. The lowest BCUT2D eigenvalue weighted by atomic mass is 9.96. The van der Waals surface area contributed by atoms with Crippen LogP contribution in [0, 0.1) is 11.8 Å². The zero-order valence-corrected chi connectivity index (χ0v) is 10.2. The van der Waals surface area contributed by atoms with E-state index in [2.05, 4.69) is 20.8 Å². The van der Waals surface area contributed by atoms with Gasteiger partial charge in [-0.25, -0.2) is 0 Å². The molecule has 0 saturated heterocycles. The number of carbonyl (C=O) groups excluding carboxylic acids is 1. The van der Waals surface area contributed by atoms with Crippen LogP contribution >= 0.6 is 0 Å². The third-order valence-corrected chi connectivity index (χ3v) is 3.46. The van der Waals surface area contributed by atoms with E-state index in [1.807, 2.05) is 4.90 Å². The van der Waals surface area contributed by atoms with Crippen LogP contribution in [0.25, 0.3) is 0 Å². The molecule has 2 N–H and O–H groups in total. The SMILES string of the molecule is CC1CCCC1C(=O)N(CCN)C(C)C. The molecule has 3 heteroatoms. The Kier molecular flexibility index (Phi) is 4.58. The first-order valence-corrected chi connectivity index (χ1v) is 6.08. The molecule has 0 heterocycles. The Balaban J connectivity index is 2.62. The van der Waals surface area contributed by atoms with Gasteiger partial charge >= 0.3 is 0 Å². The minimum Gasteiger partial charge on any atom is -0.339 e. The van der Waals surface area contributed by atoms with Crippen LogP contribution in [0.15, 0.2) is 0 Å². The highest BCUT2D eigenvalue weighted by Gasteiger charge is 2.33. The predicted octanol–water partition coefficient (Wildman–Crippen LogP) is 1.62. The standard InChI is InChI=1S/C12H24N2O/c1-9(2)14(8-7-13)12(15)11-6-4-5-10(11)3/h9-11H,4-8,13H2,1-3H3. The lowest BCUT2D eigenvalue weighted by Gasteiger charge is -2.30. The number of rotatable bonds is 4. The smallest absolute Gasteiger partial charge is 0.226 e. The van der Waals surface area contributed by atoms with Crippen molar-refractivity contribution in [1.82, 2.24) is 4.90 Å². The van der Waals surface area contributed by atoms with Gasteiger partial charge in [0.25, 0.3) is 0 Å². The highest BCUT2D eigenvalue weighted by Crippen LogP contribution is 2.32. The Morgan fingerprint density at radius 2 is 2.13 bits per heavy atom. The molecule has 2 atom stereocenters.